The van der Waals surface area contributed by atoms with Crippen LogP contribution in [0.15, 0.2) is 46.9 Å². The molecule has 0 bridgehead atoms. The number of halogens is 2. The fourth-order valence-electron chi connectivity index (χ4n) is 1.58. The van der Waals surface area contributed by atoms with Crippen molar-refractivity contribution >= 4 is 21.9 Å². The average Bonchev–Trinajstić information content (AvgIpc) is 2.46. The van der Waals surface area contributed by atoms with E-state index in [1.807, 2.05) is 6.07 Å². The zero-order valence-corrected chi connectivity index (χ0v) is 11.9. The number of hydrogen-bond donors (Lipinski definition) is 0. The molecule has 0 saturated heterocycles. The predicted molar refractivity (Wildman–Crippen MR) is 74.4 cm³/mol. The summed E-state index contributed by atoms with van der Waals surface area (Å²) in [7, 11) is 0. The first-order chi connectivity index (χ1) is 9.60. The molecular formula is C15H9BrFNO2. The van der Waals surface area contributed by atoms with Gasteiger partial charge in [-0.2, -0.15) is 5.26 Å². The molecule has 0 radical (unpaired) electrons. The van der Waals surface area contributed by atoms with Gasteiger partial charge in [-0.25, -0.2) is 9.18 Å². The zero-order valence-electron chi connectivity index (χ0n) is 10.3. The minimum atomic E-state index is -0.529. The number of hydrogen-bond acceptors (Lipinski definition) is 3. The Morgan fingerprint density at radius 3 is 2.80 bits per heavy atom. The molecule has 0 heterocycles. The molecule has 0 aliphatic rings. The van der Waals surface area contributed by atoms with Crippen LogP contribution >= 0.6 is 15.9 Å². The molecule has 0 aliphatic heterocycles. The van der Waals surface area contributed by atoms with Crippen molar-refractivity contribution in [1.29, 1.82) is 5.26 Å². The highest BCUT2D eigenvalue weighted by Crippen LogP contribution is 2.19. The zero-order chi connectivity index (χ0) is 14.5. The number of rotatable bonds is 3. The Labute approximate surface area is 123 Å². The third kappa shape index (κ3) is 3.43. The fraction of sp³-hybridized carbons (Fsp3) is 0.0667. The number of ether oxygens (including phenoxy) is 1. The molecule has 0 unspecified atom stereocenters. The van der Waals surface area contributed by atoms with Crippen molar-refractivity contribution in [3.05, 3.63) is 69.4 Å². The lowest BCUT2D eigenvalue weighted by molar-refractivity contribution is 0.0472. The lowest BCUT2D eigenvalue weighted by atomic mass is 10.1. The highest BCUT2D eigenvalue weighted by molar-refractivity contribution is 9.10. The van der Waals surface area contributed by atoms with Crippen LogP contribution in [0.2, 0.25) is 0 Å². The molecule has 5 heteroatoms. The second-order valence-corrected chi connectivity index (χ2v) is 4.86. The van der Waals surface area contributed by atoms with E-state index in [0.717, 1.165) is 0 Å². The maximum absolute atomic E-state index is 12.9. The van der Waals surface area contributed by atoms with E-state index >= 15 is 0 Å². The maximum atomic E-state index is 12.9. The topological polar surface area (TPSA) is 50.1 Å². The van der Waals surface area contributed by atoms with Crippen molar-refractivity contribution in [2.45, 2.75) is 6.61 Å². The molecule has 2 rings (SSSR count). The Morgan fingerprint density at radius 1 is 1.30 bits per heavy atom. The van der Waals surface area contributed by atoms with Crippen LogP contribution in [-0.2, 0) is 11.3 Å². The molecule has 0 aliphatic carbocycles. The van der Waals surface area contributed by atoms with Gasteiger partial charge in [0.1, 0.15) is 12.4 Å². The first-order valence-electron chi connectivity index (χ1n) is 5.71. The summed E-state index contributed by atoms with van der Waals surface area (Å²) >= 11 is 3.20. The summed E-state index contributed by atoms with van der Waals surface area (Å²) in [5, 5.41) is 8.77. The monoisotopic (exact) mass is 333 g/mol. The second-order valence-electron chi connectivity index (χ2n) is 4.00. The van der Waals surface area contributed by atoms with Crippen molar-refractivity contribution in [3.63, 3.8) is 0 Å². The van der Waals surface area contributed by atoms with Crippen LogP contribution in [0.4, 0.5) is 4.39 Å². The van der Waals surface area contributed by atoms with Gasteiger partial charge in [-0.3, -0.25) is 0 Å². The van der Waals surface area contributed by atoms with E-state index in [1.165, 1.54) is 18.2 Å². The van der Waals surface area contributed by atoms with Gasteiger partial charge in [0.2, 0.25) is 0 Å². The minimum Gasteiger partial charge on any atom is -0.457 e. The molecule has 0 atom stereocenters. The lowest BCUT2D eigenvalue weighted by Crippen LogP contribution is -2.06. The van der Waals surface area contributed by atoms with Crippen LogP contribution in [0.25, 0.3) is 0 Å². The fourth-order valence-corrected chi connectivity index (χ4v) is 2.05. The summed E-state index contributed by atoms with van der Waals surface area (Å²) in [6, 6.07) is 12.3. The third-order valence-electron chi connectivity index (χ3n) is 2.60. The van der Waals surface area contributed by atoms with E-state index in [4.69, 9.17) is 10.00 Å². The standard InChI is InChI=1S/C15H9BrFNO2/c16-14-7-13(17)5-4-12(14)9-20-15(19)11-3-1-2-10(6-11)8-18/h1-7H,9H2. The summed E-state index contributed by atoms with van der Waals surface area (Å²) in [4.78, 5) is 11.8. The quantitative estimate of drug-likeness (QED) is 0.802. The van der Waals surface area contributed by atoms with Crippen molar-refractivity contribution < 1.29 is 13.9 Å². The molecule has 3 nitrogen and oxygen atoms in total. The van der Waals surface area contributed by atoms with Gasteiger partial charge in [-0.05, 0) is 30.3 Å². The molecule has 0 aromatic heterocycles. The molecule has 0 spiro atoms. The largest absolute Gasteiger partial charge is 0.457 e. The van der Waals surface area contributed by atoms with Gasteiger partial charge < -0.3 is 4.74 Å². The van der Waals surface area contributed by atoms with Gasteiger partial charge >= 0.3 is 5.97 Å². The maximum Gasteiger partial charge on any atom is 0.338 e. The molecular weight excluding hydrogens is 325 g/mol. The Kier molecular flexibility index (Phi) is 4.49. The van der Waals surface area contributed by atoms with Crippen molar-refractivity contribution in [1.82, 2.24) is 0 Å². The van der Waals surface area contributed by atoms with E-state index in [-0.39, 0.29) is 12.4 Å². The summed E-state index contributed by atoms with van der Waals surface area (Å²) in [5.74, 6) is -0.896. The van der Waals surface area contributed by atoms with E-state index in [9.17, 15) is 9.18 Å². The molecule has 20 heavy (non-hydrogen) atoms. The average molecular weight is 334 g/mol. The molecule has 0 amide bonds. The van der Waals surface area contributed by atoms with Crippen LogP contribution in [0, 0.1) is 17.1 Å². The molecule has 0 N–H and O–H groups in total. The van der Waals surface area contributed by atoms with Gasteiger partial charge in [0.05, 0.1) is 17.2 Å². The Balaban J connectivity index is 2.07. The van der Waals surface area contributed by atoms with E-state index in [2.05, 4.69) is 15.9 Å². The van der Waals surface area contributed by atoms with Crippen LogP contribution < -0.4 is 0 Å². The highest BCUT2D eigenvalue weighted by Gasteiger charge is 2.09. The first-order valence-corrected chi connectivity index (χ1v) is 6.50. The van der Waals surface area contributed by atoms with Gasteiger partial charge in [0, 0.05) is 10.0 Å². The number of esters is 1. The molecule has 0 saturated carbocycles. The molecule has 2 aromatic carbocycles. The summed E-state index contributed by atoms with van der Waals surface area (Å²) < 4.78 is 18.6. The van der Waals surface area contributed by atoms with Crippen molar-refractivity contribution in [2.75, 3.05) is 0 Å². The summed E-state index contributed by atoms with van der Waals surface area (Å²) in [6.45, 7) is 0.0243. The van der Waals surface area contributed by atoms with Crippen molar-refractivity contribution in [2.24, 2.45) is 0 Å². The third-order valence-corrected chi connectivity index (χ3v) is 3.34. The van der Waals surface area contributed by atoms with Gasteiger partial charge in [0.15, 0.2) is 0 Å². The summed E-state index contributed by atoms with van der Waals surface area (Å²) in [5.41, 5.74) is 1.36. The van der Waals surface area contributed by atoms with Crippen molar-refractivity contribution in [3.8, 4) is 6.07 Å². The van der Waals surface area contributed by atoms with Gasteiger partial charge in [0.25, 0.3) is 0 Å². The highest BCUT2D eigenvalue weighted by atomic mass is 79.9. The normalized spacial score (nSPS) is 9.85. The molecule has 100 valence electrons. The van der Waals surface area contributed by atoms with Gasteiger partial charge in [-0.15, -0.1) is 0 Å². The number of carbonyl (C=O) groups excluding carboxylic acids is 1. The van der Waals surface area contributed by atoms with Crippen LogP contribution in [0.3, 0.4) is 0 Å². The smallest absolute Gasteiger partial charge is 0.338 e. The van der Waals surface area contributed by atoms with E-state index < -0.39 is 5.97 Å². The summed E-state index contributed by atoms with van der Waals surface area (Å²) in [6.07, 6.45) is 0. The lowest BCUT2D eigenvalue weighted by Gasteiger charge is -2.07. The predicted octanol–water partition coefficient (Wildman–Crippen LogP) is 3.82. The number of nitrogens with zero attached hydrogens (tertiary/aromatic N) is 1. The Hall–Kier alpha value is -2.19. The number of nitriles is 1. The molecule has 0 fully saturated rings. The van der Waals surface area contributed by atoms with E-state index in [0.29, 0.717) is 21.2 Å². The van der Waals surface area contributed by atoms with Crippen LogP contribution in [-0.4, -0.2) is 5.97 Å². The minimum absolute atomic E-state index is 0.0243. The van der Waals surface area contributed by atoms with Gasteiger partial charge in [-0.1, -0.05) is 28.1 Å². The van der Waals surface area contributed by atoms with Crippen LogP contribution in [0.1, 0.15) is 21.5 Å². The Morgan fingerprint density at radius 2 is 2.10 bits per heavy atom. The SMILES string of the molecule is N#Cc1cccc(C(=O)OCc2ccc(F)cc2Br)c1. The van der Waals surface area contributed by atoms with Crippen LogP contribution in [0.5, 0.6) is 0 Å². The Bertz CT molecular complexity index is 695. The molecule has 2 aromatic rings. The number of benzene rings is 2. The second kappa shape index (κ2) is 6.31. The first kappa shape index (κ1) is 14.2. The van der Waals surface area contributed by atoms with E-state index in [1.54, 1.807) is 24.3 Å². The number of carbonyl (C=O) groups is 1.